The third-order valence-corrected chi connectivity index (χ3v) is 6.19. The van der Waals surface area contributed by atoms with Gasteiger partial charge in [0, 0.05) is 7.05 Å². The van der Waals surface area contributed by atoms with Crippen molar-refractivity contribution in [3.63, 3.8) is 0 Å². The van der Waals surface area contributed by atoms with Gasteiger partial charge < -0.3 is 4.74 Å². The number of hydrogen-bond donors (Lipinski definition) is 2. The van der Waals surface area contributed by atoms with Gasteiger partial charge in [-0.2, -0.15) is 4.31 Å². The summed E-state index contributed by atoms with van der Waals surface area (Å²) in [5.41, 5.74) is 6.01. The summed E-state index contributed by atoms with van der Waals surface area (Å²) in [4.78, 5) is 24.2. The lowest BCUT2D eigenvalue weighted by Crippen LogP contribution is -2.50. The fourth-order valence-corrected chi connectivity index (χ4v) is 3.61. The molecule has 1 atom stereocenters. The highest BCUT2D eigenvalue weighted by molar-refractivity contribution is 7.89. The maximum absolute atomic E-state index is 13.6. The van der Waals surface area contributed by atoms with Crippen LogP contribution in [0.15, 0.2) is 47.4 Å². The van der Waals surface area contributed by atoms with Crippen LogP contribution in [-0.4, -0.2) is 44.2 Å². The molecule has 2 N–H and O–H groups in total. The molecule has 0 bridgehead atoms. The Bertz CT molecular complexity index is 1040. The number of aryl methyl sites for hydroxylation is 2. The monoisotopic (exact) mass is 437 g/mol. The van der Waals surface area contributed by atoms with Crippen molar-refractivity contribution in [1.29, 1.82) is 0 Å². The molecule has 0 aliphatic rings. The van der Waals surface area contributed by atoms with Gasteiger partial charge in [0.1, 0.15) is 0 Å². The van der Waals surface area contributed by atoms with E-state index in [0.29, 0.717) is 0 Å². The van der Waals surface area contributed by atoms with Crippen LogP contribution in [0.1, 0.15) is 18.1 Å². The quantitative estimate of drug-likeness (QED) is 0.642. The van der Waals surface area contributed by atoms with E-state index in [1.807, 2.05) is 6.92 Å². The predicted molar refractivity (Wildman–Crippen MR) is 109 cm³/mol. The van der Waals surface area contributed by atoms with Crippen molar-refractivity contribution in [2.45, 2.75) is 31.8 Å². The fraction of sp³-hybridized carbons (Fsp3) is 0.300. The van der Waals surface area contributed by atoms with E-state index in [-0.39, 0.29) is 10.6 Å². The molecule has 0 aliphatic heterocycles. The summed E-state index contributed by atoms with van der Waals surface area (Å²) in [6.45, 7) is 4.52. The van der Waals surface area contributed by atoms with Crippen molar-refractivity contribution >= 4 is 21.8 Å². The summed E-state index contributed by atoms with van der Waals surface area (Å²) >= 11 is 0. The van der Waals surface area contributed by atoms with E-state index in [1.165, 1.54) is 44.3 Å². The number of nitrogens with one attached hydrogen (secondary N) is 2. The van der Waals surface area contributed by atoms with Crippen LogP contribution in [-0.2, 0) is 19.6 Å². The van der Waals surface area contributed by atoms with E-state index in [9.17, 15) is 22.4 Å². The highest BCUT2D eigenvalue weighted by Gasteiger charge is 2.24. The van der Waals surface area contributed by atoms with E-state index in [4.69, 9.17) is 4.74 Å². The van der Waals surface area contributed by atoms with Crippen molar-refractivity contribution in [3.8, 4) is 5.75 Å². The predicted octanol–water partition coefficient (Wildman–Crippen LogP) is 1.68. The van der Waals surface area contributed by atoms with Gasteiger partial charge in [-0.3, -0.25) is 20.4 Å². The number of benzene rings is 2. The number of rotatable bonds is 7. The highest BCUT2D eigenvalue weighted by atomic mass is 32.2. The van der Waals surface area contributed by atoms with E-state index in [2.05, 4.69) is 10.9 Å². The molecule has 0 unspecified atom stereocenters. The largest absolute Gasteiger partial charge is 0.478 e. The molecule has 2 amide bonds. The number of carbonyl (C=O) groups excluding carboxylic acids is 2. The van der Waals surface area contributed by atoms with Crippen LogP contribution < -0.4 is 15.6 Å². The van der Waals surface area contributed by atoms with Crippen molar-refractivity contribution in [2.24, 2.45) is 0 Å². The van der Waals surface area contributed by atoms with E-state index < -0.39 is 40.3 Å². The Morgan fingerprint density at radius 2 is 1.77 bits per heavy atom. The minimum Gasteiger partial charge on any atom is -0.478 e. The first-order valence-electron chi connectivity index (χ1n) is 9.06. The van der Waals surface area contributed by atoms with Crippen molar-refractivity contribution < 1.29 is 27.1 Å². The normalized spacial score (nSPS) is 12.3. The zero-order chi connectivity index (χ0) is 22.5. The number of likely N-dealkylation sites (N-methyl/N-ethyl adjacent to an activating group) is 1. The maximum Gasteiger partial charge on any atom is 0.279 e. The van der Waals surface area contributed by atoms with Gasteiger partial charge >= 0.3 is 0 Å². The van der Waals surface area contributed by atoms with Crippen LogP contribution in [0.4, 0.5) is 4.39 Å². The molecule has 162 valence electrons. The molecule has 0 heterocycles. The Hall–Kier alpha value is -2.98. The topological polar surface area (TPSA) is 105 Å². The van der Waals surface area contributed by atoms with Gasteiger partial charge in [-0.1, -0.05) is 18.2 Å². The van der Waals surface area contributed by atoms with Crippen LogP contribution in [0.25, 0.3) is 0 Å². The summed E-state index contributed by atoms with van der Waals surface area (Å²) in [7, 11) is -2.62. The molecule has 0 spiro atoms. The average molecular weight is 437 g/mol. The van der Waals surface area contributed by atoms with Crippen molar-refractivity contribution in [3.05, 3.63) is 59.4 Å². The SMILES string of the molecule is Cc1ccc(S(=O)(=O)N(C)CC(=O)NNC(=O)[C@@H](C)Oc2ccccc2F)cc1C. The molecule has 2 aromatic rings. The Labute approximate surface area is 175 Å². The zero-order valence-corrected chi connectivity index (χ0v) is 17.9. The molecule has 30 heavy (non-hydrogen) atoms. The Balaban J connectivity index is 1.90. The van der Waals surface area contributed by atoms with E-state index in [0.717, 1.165) is 15.4 Å². The van der Waals surface area contributed by atoms with Crippen LogP contribution >= 0.6 is 0 Å². The van der Waals surface area contributed by atoms with Gasteiger partial charge in [0.25, 0.3) is 11.8 Å². The smallest absolute Gasteiger partial charge is 0.279 e. The molecular weight excluding hydrogens is 413 g/mol. The minimum absolute atomic E-state index is 0.0665. The molecular formula is C20H24FN3O5S. The fourth-order valence-electron chi connectivity index (χ4n) is 2.40. The van der Waals surface area contributed by atoms with Gasteiger partial charge in [0.15, 0.2) is 17.7 Å². The molecule has 0 fully saturated rings. The standard InChI is InChI=1S/C20H24FN3O5S/c1-13-9-10-16(11-14(13)2)30(27,28)24(4)12-19(25)22-23-20(26)15(3)29-18-8-6-5-7-17(18)21/h5-11,15H,12H2,1-4H3,(H,22,25)(H,23,26)/t15-/m1/s1. The summed E-state index contributed by atoms with van der Waals surface area (Å²) in [6.07, 6.45) is -1.10. The lowest BCUT2D eigenvalue weighted by molar-refractivity contribution is -0.132. The summed E-state index contributed by atoms with van der Waals surface area (Å²) in [5.74, 6) is -2.22. The van der Waals surface area contributed by atoms with Gasteiger partial charge in [-0.25, -0.2) is 12.8 Å². The van der Waals surface area contributed by atoms with Crippen molar-refractivity contribution in [1.82, 2.24) is 15.2 Å². The van der Waals surface area contributed by atoms with E-state index >= 15 is 0 Å². The molecule has 2 aromatic carbocycles. The molecule has 8 nitrogen and oxygen atoms in total. The number of hydrazine groups is 1. The van der Waals surface area contributed by atoms with Crippen LogP contribution in [0.5, 0.6) is 5.75 Å². The van der Waals surface area contributed by atoms with Crippen molar-refractivity contribution in [2.75, 3.05) is 13.6 Å². The molecule has 0 aliphatic carbocycles. The maximum atomic E-state index is 13.6. The average Bonchev–Trinajstić information content (AvgIpc) is 2.69. The Morgan fingerprint density at radius 1 is 1.10 bits per heavy atom. The summed E-state index contributed by atoms with van der Waals surface area (Å²) < 4.78 is 44.9. The first-order chi connectivity index (χ1) is 14.0. The van der Waals surface area contributed by atoms with Gasteiger partial charge in [-0.05, 0) is 56.2 Å². The Morgan fingerprint density at radius 3 is 2.40 bits per heavy atom. The van der Waals surface area contributed by atoms with Gasteiger partial charge in [0.05, 0.1) is 11.4 Å². The number of para-hydroxylation sites is 1. The second kappa shape index (κ2) is 9.68. The molecule has 0 aromatic heterocycles. The summed E-state index contributed by atoms with van der Waals surface area (Å²) in [5, 5.41) is 0. The number of amides is 2. The lowest BCUT2D eigenvalue weighted by Gasteiger charge is -2.19. The van der Waals surface area contributed by atoms with E-state index in [1.54, 1.807) is 19.1 Å². The second-order valence-corrected chi connectivity index (χ2v) is 8.78. The number of carbonyl (C=O) groups is 2. The number of halogens is 1. The Kier molecular flexibility index (Phi) is 7.52. The lowest BCUT2D eigenvalue weighted by atomic mass is 10.1. The first-order valence-corrected chi connectivity index (χ1v) is 10.5. The molecule has 2 rings (SSSR count). The number of sulfonamides is 1. The second-order valence-electron chi connectivity index (χ2n) is 6.74. The van der Waals surface area contributed by atoms with Crippen LogP contribution in [0, 0.1) is 19.7 Å². The summed E-state index contributed by atoms with van der Waals surface area (Å²) in [6, 6.07) is 10.3. The van der Waals surface area contributed by atoms with Gasteiger partial charge in [0.2, 0.25) is 10.0 Å². The highest BCUT2D eigenvalue weighted by Crippen LogP contribution is 2.18. The van der Waals surface area contributed by atoms with Crippen LogP contribution in [0.3, 0.4) is 0 Å². The molecule has 0 radical (unpaired) electrons. The molecule has 10 heteroatoms. The minimum atomic E-state index is -3.88. The third-order valence-electron chi connectivity index (χ3n) is 4.39. The number of nitrogens with zero attached hydrogens (tertiary/aromatic N) is 1. The number of hydrogen-bond acceptors (Lipinski definition) is 5. The first kappa shape index (κ1) is 23.3. The third kappa shape index (κ3) is 5.77. The van der Waals surface area contributed by atoms with Gasteiger partial charge in [-0.15, -0.1) is 0 Å². The molecule has 0 saturated heterocycles. The zero-order valence-electron chi connectivity index (χ0n) is 17.1. The molecule has 0 saturated carbocycles. The number of ether oxygens (including phenoxy) is 1. The van der Waals surface area contributed by atoms with Crippen LogP contribution in [0.2, 0.25) is 0 Å².